The van der Waals surface area contributed by atoms with Crippen molar-refractivity contribution in [1.82, 2.24) is 13.9 Å². The molecule has 0 atom stereocenters. The second-order valence-electron chi connectivity index (χ2n) is 6.18. The van der Waals surface area contributed by atoms with Crippen LogP contribution in [0.15, 0.2) is 57.0 Å². The minimum Gasteiger partial charge on any atom is -0.457 e. The maximum atomic E-state index is 12.4. The number of esters is 1. The summed E-state index contributed by atoms with van der Waals surface area (Å²) in [5, 5.41) is 0.251. The lowest BCUT2D eigenvalue weighted by molar-refractivity contribution is -0.145. The van der Waals surface area contributed by atoms with E-state index in [2.05, 4.69) is 4.98 Å². The molecular formula is C18H19N3O6S. The summed E-state index contributed by atoms with van der Waals surface area (Å²) in [4.78, 5) is 28.5. The van der Waals surface area contributed by atoms with Crippen molar-refractivity contribution in [2.45, 2.75) is 24.7 Å². The molecule has 2 heterocycles. The van der Waals surface area contributed by atoms with Crippen LogP contribution in [0.1, 0.15) is 12.2 Å². The molecule has 0 amide bonds. The molecule has 3 rings (SSSR count). The number of carbonyl (C=O) groups is 1. The molecule has 9 nitrogen and oxygen atoms in total. The number of aryl methyl sites for hydroxylation is 1. The second-order valence-corrected chi connectivity index (χ2v) is 8.26. The Morgan fingerprint density at radius 3 is 2.71 bits per heavy atom. The topological polar surface area (TPSA) is 112 Å². The number of rotatable bonds is 7. The molecule has 0 radical (unpaired) electrons. The number of para-hydroxylation sites is 1. The Hall–Kier alpha value is -2.98. The molecule has 0 aliphatic rings. The van der Waals surface area contributed by atoms with Crippen molar-refractivity contribution in [3.8, 4) is 0 Å². The summed E-state index contributed by atoms with van der Waals surface area (Å²) in [6.45, 7) is -0.0828. The van der Waals surface area contributed by atoms with E-state index in [0.717, 1.165) is 4.31 Å². The second kappa shape index (κ2) is 7.95. The number of sulfonamides is 1. The van der Waals surface area contributed by atoms with Gasteiger partial charge in [0.05, 0.1) is 23.7 Å². The number of nitrogens with zero attached hydrogens (tertiary/aromatic N) is 3. The van der Waals surface area contributed by atoms with Crippen molar-refractivity contribution in [2.75, 3.05) is 14.1 Å². The summed E-state index contributed by atoms with van der Waals surface area (Å²) in [6, 6.07) is 9.69. The van der Waals surface area contributed by atoms with Gasteiger partial charge in [-0.3, -0.25) is 14.2 Å². The quantitative estimate of drug-likeness (QED) is 0.546. The number of aromatic nitrogens is 2. The van der Waals surface area contributed by atoms with Crippen LogP contribution < -0.4 is 5.56 Å². The molecule has 10 heteroatoms. The zero-order chi connectivity index (χ0) is 20.3. The fraction of sp³-hybridized carbons (Fsp3) is 0.278. The van der Waals surface area contributed by atoms with E-state index in [9.17, 15) is 18.0 Å². The Labute approximate surface area is 161 Å². The van der Waals surface area contributed by atoms with Gasteiger partial charge in [-0.2, -0.15) is 0 Å². The van der Waals surface area contributed by atoms with Crippen molar-refractivity contribution in [1.29, 1.82) is 0 Å². The van der Waals surface area contributed by atoms with E-state index in [1.54, 1.807) is 24.3 Å². The average Bonchev–Trinajstić information content (AvgIpc) is 3.16. The number of benzene rings is 1. The lowest BCUT2D eigenvalue weighted by atomic mass is 10.2. The smallest absolute Gasteiger partial charge is 0.308 e. The average molecular weight is 405 g/mol. The van der Waals surface area contributed by atoms with Crippen LogP contribution in [0.5, 0.6) is 0 Å². The molecule has 0 unspecified atom stereocenters. The van der Waals surface area contributed by atoms with Crippen LogP contribution in [0.2, 0.25) is 0 Å². The van der Waals surface area contributed by atoms with E-state index in [4.69, 9.17) is 9.15 Å². The highest BCUT2D eigenvalue weighted by Crippen LogP contribution is 2.17. The fourth-order valence-electron chi connectivity index (χ4n) is 2.46. The van der Waals surface area contributed by atoms with Crippen molar-refractivity contribution in [3.05, 3.63) is 58.8 Å². The zero-order valence-corrected chi connectivity index (χ0v) is 16.2. The van der Waals surface area contributed by atoms with Crippen LogP contribution in [0.4, 0.5) is 0 Å². The normalized spacial score (nSPS) is 11.8. The minimum atomic E-state index is -3.68. The van der Waals surface area contributed by atoms with Crippen molar-refractivity contribution >= 4 is 26.9 Å². The third kappa shape index (κ3) is 4.12. The molecule has 0 aliphatic carbocycles. The molecule has 0 bridgehead atoms. The van der Waals surface area contributed by atoms with Crippen LogP contribution >= 0.6 is 0 Å². The van der Waals surface area contributed by atoms with Crippen LogP contribution in [0, 0.1) is 0 Å². The van der Waals surface area contributed by atoms with Crippen LogP contribution in [0.25, 0.3) is 10.9 Å². The molecule has 3 aromatic rings. The molecule has 2 aromatic heterocycles. The van der Waals surface area contributed by atoms with Crippen molar-refractivity contribution in [3.63, 3.8) is 0 Å². The number of fused-ring (bicyclic) bond motifs is 1. The van der Waals surface area contributed by atoms with Gasteiger partial charge in [0.2, 0.25) is 5.09 Å². The summed E-state index contributed by atoms with van der Waals surface area (Å²) in [5.74, 6) is -0.341. The molecular weight excluding hydrogens is 386 g/mol. The van der Waals surface area contributed by atoms with E-state index in [0.29, 0.717) is 10.9 Å². The third-order valence-corrected chi connectivity index (χ3v) is 5.73. The Balaban J connectivity index is 1.58. The van der Waals surface area contributed by atoms with Crippen LogP contribution in [-0.2, 0) is 32.7 Å². The highest BCUT2D eigenvalue weighted by atomic mass is 32.2. The summed E-state index contributed by atoms with van der Waals surface area (Å²) in [6.07, 6.45) is 1.35. The fourth-order valence-corrected chi connectivity index (χ4v) is 3.27. The Bertz CT molecular complexity index is 1160. The number of hydrogen-bond acceptors (Lipinski definition) is 7. The van der Waals surface area contributed by atoms with E-state index >= 15 is 0 Å². The summed E-state index contributed by atoms with van der Waals surface area (Å²) in [7, 11) is -0.902. The molecule has 0 saturated carbocycles. The Kier molecular flexibility index (Phi) is 5.61. The van der Waals surface area contributed by atoms with Gasteiger partial charge in [-0.05, 0) is 24.3 Å². The van der Waals surface area contributed by atoms with Crippen molar-refractivity contribution < 1.29 is 22.4 Å². The van der Waals surface area contributed by atoms with Gasteiger partial charge >= 0.3 is 5.97 Å². The predicted octanol–water partition coefficient (Wildman–Crippen LogP) is 1.37. The third-order valence-electron chi connectivity index (χ3n) is 4.04. The zero-order valence-electron chi connectivity index (χ0n) is 15.4. The minimum absolute atomic E-state index is 0.0382. The van der Waals surface area contributed by atoms with E-state index < -0.39 is 16.0 Å². The summed E-state index contributed by atoms with van der Waals surface area (Å²) < 4.78 is 36.6. The van der Waals surface area contributed by atoms with Crippen LogP contribution in [0.3, 0.4) is 0 Å². The highest BCUT2D eigenvalue weighted by Gasteiger charge is 2.21. The molecule has 0 spiro atoms. The Morgan fingerprint density at radius 2 is 1.96 bits per heavy atom. The lowest BCUT2D eigenvalue weighted by Crippen LogP contribution is -2.22. The standard InChI is InChI=1S/C18H19N3O6S/c1-20(2)28(24,25)17-8-7-13(27-17)11-26-16(22)9-10-21-12-19-15-6-4-3-5-14(15)18(21)23/h3-8,12H,9-11H2,1-2H3. The molecule has 1 aromatic carbocycles. The van der Waals surface area contributed by atoms with Gasteiger partial charge in [-0.25, -0.2) is 17.7 Å². The first kappa shape index (κ1) is 19.8. The van der Waals surface area contributed by atoms with Gasteiger partial charge in [-0.15, -0.1) is 0 Å². The van der Waals surface area contributed by atoms with E-state index in [1.807, 2.05) is 0 Å². The number of ether oxygens (including phenoxy) is 1. The van der Waals surface area contributed by atoms with Gasteiger partial charge in [0.15, 0.2) is 0 Å². The maximum absolute atomic E-state index is 12.4. The first-order valence-corrected chi connectivity index (χ1v) is 9.84. The van der Waals surface area contributed by atoms with Gasteiger partial charge in [0, 0.05) is 20.6 Å². The summed E-state index contributed by atoms with van der Waals surface area (Å²) >= 11 is 0. The molecule has 148 valence electrons. The van der Waals surface area contributed by atoms with Crippen LogP contribution in [-0.4, -0.2) is 42.3 Å². The first-order chi connectivity index (χ1) is 13.3. The first-order valence-electron chi connectivity index (χ1n) is 8.40. The number of carbonyl (C=O) groups excluding carboxylic acids is 1. The monoisotopic (exact) mass is 405 g/mol. The molecule has 0 N–H and O–H groups in total. The number of furan rings is 1. The molecule has 0 fully saturated rings. The number of hydrogen-bond donors (Lipinski definition) is 0. The van der Waals surface area contributed by atoms with Crippen molar-refractivity contribution in [2.24, 2.45) is 0 Å². The van der Waals surface area contributed by atoms with Gasteiger partial charge in [0.1, 0.15) is 12.4 Å². The predicted molar refractivity (Wildman–Crippen MR) is 100.0 cm³/mol. The van der Waals surface area contributed by atoms with E-state index in [1.165, 1.54) is 37.1 Å². The largest absolute Gasteiger partial charge is 0.457 e. The van der Waals surface area contributed by atoms with Gasteiger partial charge in [-0.1, -0.05) is 12.1 Å². The highest BCUT2D eigenvalue weighted by molar-refractivity contribution is 7.88. The molecule has 0 saturated heterocycles. The molecule has 28 heavy (non-hydrogen) atoms. The SMILES string of the molecule is CN(C)S(=O)(=O)c1ccc(COC(=O)CCn2cnc3ccccc3c2=O)o1. The van der Waals surface area contributed by atoms with E-state index in [-0.39, 0.29) is 36.0 Å². The van der Waals surface area contributed by atoms with Gasteiger partial charge < -0.3 is 9.15 Å². The lowest BCUT2D eigenvalue weighted by Gasteiger charge is -2.08. The van der Waals surface area contributed by atoms with Gasteiger partial charge in [0.25, 0.3) is 15.6 Å². The summed E-state index contributed by atoms with van der Waals surface area (Å²) in [5.41, 5.74) is 0.357. The Morgan fingerprint density at radius 1 is 1.21 bits per heavy atom. The maximum Gasteiger partial charge on any atom is 0.308 e. The molecule has 0 aliphatic heterocycles.